The van der Waals surface area contributed by atoms with Crippen LogP contribution in [0.1, 0.15) is 25.5 Å². The third kappa shape index (κ3) is 4.52. The molecule has 2 rings (SSSR count). The second kappa shape index (κ2) is 7.88. The number of benzene rings is 2. The molecule has 0 aliphatic carbocycles. The summed E-state index contributed by atoms with van der Waals surface area (Å²) in [6.45, 7) is 3.11. The van der Waals surface area contributed by atoms with E-state index in [4.69, 9.17) is 15.2 Å². The van der Waals surface area contributed by atoms with Gasteiger partial charge in [-0.05, 0) is 31.5 Å². The first-order valence-electron chi connectivity index (χ1n) is 7.51. The smallest absolute Gasteiger partial charge is 0.323 e. The summed E-state index contributed by atoms with van der Waals surface area (Å²) in [5.41, 5.74) is 6.15. The fraction of sp³-hybridized carbons (Fsp3) is 0.278. The van der Waals surface area contributed by atoms with Crippen LogP contribution >= 0.6 is 0 Å². The van der Waals surface area contributed by atoms with Crippen molar-refractivity contribution in [2.75, 3.05) is 0 Å². The van der Waals surface area contributed by atoms with E-state index in [1.807, 2.05) is 6.07 Å². The summed E-state index contributed by atoms with van der Waals surface area (Å²) in [6, 6.07) is 11.0. The molecule has 0 bridgehead atoms. The molecule has 0 aliphatic heterocycles. The van der Waals surface area contributed by atoms with Crippen molar-refractivity contribution >= 4 is 5.97 Å². The molecule has 24 heavy (non-hydrogen) atoms. The Labute approximate surface area is 139 Å². The number of hydrogen-bond acceptors (Lipinski definition) is 4. The second-order valence-electron chi connectivity index (χ2n) is 5.45. The minimum Gasteiger partial charge on any atom is -0.479 e. The van der Waals surface area contributed by atoms with E-state index >= 15 is 0 Å². The molecule has 0 aliphatic rings. The summed E-state index contributed by atoms with van der Waals surface area (Å²) in [5, 5.41) is 0. The van der Waals surface area contributed by atoms with Crippen molar-refractivity contribution in [3.05, 3.63) is 65.7 Å². The number of rotatable bonds is 6. The standard InChI is InChI=1S/C18H19F2NO3/c1-11(21)18(22)23-12(2)17(13-6-4-3-5-7-13)24-16-10-14(19)8-9-15(16)20/h3-12,17H,21H2,1-2H3/t11-,12-,17-/m0/s1. The molecule has 0 amide bonds. The average molecular weight is 335 g/mol. The number of nitrogens with two attached hydrogens (primary N) is 1. The molecule has 6 heteroatoms. The van der Waals surface area contributed by atoms with Crippen molar-refractivity contribution in [2.24, 2.45) is 5.73 Å². The van der Waals surface area contributed by atoms with E-state index < -0.39 is 35.9 Å². The zero-order valence-electron chi connectivity index (χ0n) is 13.4. The Morgan fingerprint density at radius 1 is 1.08 bits per heavy atom. The van der Waals surface area contributed by atoms with Crippen LogP contribution in [-0.4, -0.2) is 18.1 Å². The Hall–Kier alpha value is -2.47. The summed E-state index contributed by atoms with van der Waals surface area (Å²) in [7, 11) is 0. The van der Waals surface area contributed by atoms with Crippen molar-refractivity contribution < 1.29 is 23.0 Å². The maximum absolute atomic E-state index is 13.9. The minimum absolute atomic E-state index is 0.257. The Kier molecular flexibility index (Phi) is 5.87. The number of ether oxygens (including phenoxy) is 2. The Morgan fingerprint density at radius 3 is 2.38 bits per heavy atom. The van der Waals surface area contributed by atoms with Crippen LogP contribution in [0.3, 0.4) is 0 Å². The van der Waals surface area contributed by atoms with Crippen LogP contribution in [0.4, 0.5) is 8.78 Å². The third-order valence-electron chi connectivity index (χ3n) is 3.38. The number of carbonyl (C=O) groups is 1. The molecule has 0 unspecified atom stereocenters. The van der Waals surface area contributed by atoms with Gasteiger partial charge in [-0.15, -0.1) is 0 Å². The molecule has 0 heterocycles. The normalized spacial score (nSPS) is 14.5. The zero-order chi connectivity index (χ0) is 17.7. The van der Waals surface area contributed by atoms with Crippen molar-refractivity contribution in [3.63, 3.8) is 0 Å². The number of halogens is 2. The molecule has 0 saturated carbocycles. The quantitative estimate of drug-likeness (QED) is 0.822. The number of hydrogen-bond donors (Lipinski definition) is 1. The van der Waals surface area contributed by atoms with Gasteiger partial charge in [0.1, 0.15) is 18.0 Å². The molecule has 0 saturated heterocycles. The summed E-state index contributed by atoms with van der Waals surface area (Å²) < 4.78 is 38.1. The van der Waals surface area contributed by atoms with E-state index in [0.29, 0.717) is 5.56 Å². The molecular weight excluding hydrogens is 316 g/mol. The average Bonchev–Trinajstić information content (AvgIpc) is 2.56. The highest BCUT2D eigenvalue weighted by Crippen LogP contribution is 2.29. The third-order valence-corrected chi connectivity index (χ3v) is 3.38. The highest BCUT2D eigenvalue weighted by atomic mass is 19.1. The van der Waals surface area contributed by atoms with Crippen LogP contribution < -0.4 is 10.5 Å². The lowest BCUT2D eigenvalue weighted by Gasteiger charge is -2.26. The van der Waals surface area contributed by atoms with Crippen LogP contribution in [0.5, 0.6) is 5.75 Å². The molecule has 2 N–H and O–H groups in total. The molecule has 0 aromatic heterocycles. The molecule has 4 nitrogen and oxygen atoms in total. The summed E-state index contributed by atoms with van der Waals surface area (Å²) >= 11 is 0. The van der Waals surface area contributed by atoms with Crippen LogP contribution in [0.2, 0.25) is 0 Å². The second-order valence-corrected chi connectivity index (χ2v) is 5.45. The zero-order valence-corrected chi connectivity index (χ0v) is 13.4. The maximum Gasteiger partial charge on any atom is 0.323 e. The molecule has 0 fully saturated rings. The van der Waals surface area contributed by atoms with Gasteiger partial charge in [0.05, 0.1) is 0 Å². The first-order chi connectivity index (χ1) is 11.4. The van der Waals surface area contributed by atoms with Gasteiger partial charge >= 0.3 is 5.97 Å². The van der Waals surface area contributed by atoms with Gasteiger partial charge in [-0.1, -0.05) is 30.3 Å². The SMILES string of the molecule is C[C@H](N)C(=O)O[C@@H](C)[C@H](Oc1cc(F)ccc1F)c1ccccc1. The summed E-state index contributed by atoms with van der Waals surface area (Å²) in [6.07, 6.45) is -1.57. The lowest BCUT2D eigenvalue weighted by atomic mass is 10.0. The van der Waals surface area contributed by atoms with Crippen molar-refractivity contribution in [2.45, 2.75) is 32.1 Å². The first-order valence-corrected chi connectivity index (χ1v) is 7.51. The largest absolute Gasteiger partial charge is 0.479 e. The van der Waals surface area contributed by atoms with Crippen LogP contribution in [0.15, 0.2) is 48.5 Å². The minimum atomic E-state index is -0.815. The van der Waals surface area contributed by atoms with E-state index in [-0.39, 0.29) is 5.75 Å². The van der Waals surface area contributed by atoms with Gasteiger partial charge in [-0.2, -0.15) is 0 Å². The van der Waals surface area contributed by atoms with Crippen LogP contribution in [-0.2, 0) is 9.53 Å². The van der Waals surface area contributed by atoms with E-state index in [1.165, 1.54) is 6.92 Å². The molecule has 0 spiro atoms. The van der Waals surface area contributed by atoms with Gasteiger partial charge in [-0.25, -0.2) is 8.78 Å². The number of carbonyl (C=O) groups excluding carboxylic acids is 1. The van der Waals surface area contributed by atoms with E-state index in [0.717, 1.165) is 18.2 Å². The fourth-order valence-corrected chi connectivity index (χ4v) is 2.13. The van der Waals surface area contributed by atoms with Gasteiger partial charge in [0.15, 0.2) is 17.7 Å². The molecule has 3 atom stereocenters. The van der Waals surface area contributed by atoms with Gasteiger partial charge < -0.3 is 15.2 Å². The predicted octanol–water partition coefficient (Wildman–Crippen LogP) is 3.36. The van der Waals surface area contributed by atoms with Crippen LogP contribution in [0, 0.1) is 11.6 Å². The van der Waals surface area contributed by atoms with Gasteiger partial charge in [0.2, 0.25) is 0 Å². The molecule has 128 valence electrons. The van der Waals surface area contributed by atoms with Crippen LogP contribution in [0.25, 0.3) is 0 Å². The predicted molar refractivity (Wildman–Crippen MR) is 85.4 cm³/mol. The monoisotopic (exact) mass is 335 g/mol. The van der Waals surface area contributed by atoms with E-state index in [2.05, 4.69) is 0 Å². The molecule has 0 radical (unpaired) electrons. The Balaban J connectivity index is 2.29. The lowest BCUT2D eigenvalue weighted by Crippen LogP contribution is -2.35. The van der Waals surface area contributed by atoms with Gasteiger partial charge in [0.25, 0.3) is 0 Å². The molecular formula is C18H19F2NO3. The Morgan fingerprint density at radius 2 is 1.75 bits per heavy atom. The Bertz CT molecular complexity index is 692. The highest BCUT2D eigenvalue weighted by molar-refractivity contribution is 5.75. The highest BCUT2D eigenvalue weighted by Gasteiger charge is 2.27. The maximum atomic E-state index is 13.9. The topological polar surface area (TPSA) is 61.6 Å². The van der Waals surface area contributed by atoms with Gasteiger partial charge in [-0.3, -0.25) is 4.79 Å². The van der Waals surface area contributed by atoms with E-state index in [1.54, 1.807) is 31.2 Å². The van der Waals surface area contributed by atoms with Crippen molar-refractivity contribution in [1.29, 1.82) is 0 Å². The van der Waals surface area contributed by atoms with Crippen molar-refractivity contribution in [1.82, 2.24) is 0 Å². The first kappa shape index (κ1) is 17.9. The van der Waals surface area contributed by atoms with Crippen molar-refractivity contribution in [3.8, 4) is 5.75 Å². The van der Waals surface area contributed by atoms with E-state index in [9.17, 15) is 13.6 Å². The molecule has 2 aromatic carbocycles. The summed E-state index contributed by atoms with van der Waals surface area (Å²) in [5.74, 6) is -2.19. The number of esters is 1. The fourth-order valence-electron chi connectivity index (χ4n) is 2.13. The molecule has 2 aromatic rings. The lowest BCUT2D eigenvalue weighted by molar-refractivity contribution is -0.154. The summed E-state index contributed by atoms with van der Waals surface area (Å²) in [4.78, 5) is 11.7. The van der Waals surface area contributed by atoms with Gasteiger partial charge in [0, 0.05) is 6.07 Å².